The first-order chi connectivity index (χ1) is 10.3. The number of hydrogen-bond donors (Lipinski definition) is 1. The van der Waals surface area contributed by atoms with Crippen LogP contribution in [-0.2, 0) is 12.8 Å². The molecule has 0 aliphatic carbocycles. The van der Waals surface area contributed by atoms with E-state index < -0.39 is 0 Å². The molecule has 0 spiro atoms. The van der Waals surface area contributed by atoms with E-state index in [1.165, 1.54) is 5.56 Å². The van der Waals surface area contributed by atoms with Crippen molar-refractivity contribution in [1.82, 2.24) is 0 Å². The normalized spacial score (nSPS) is 10.4. The smallest absolute Gasteiger partial charge is 0.126 e. The third-order valence-electron chi connectivity index (χ3n) is 3.40. The van der Waals surface area contributed by atoms with E-state index in [4.69, 9.17) is 15.2 Å². The van der Waals surface area contributed by atoms with Gasteiger partial charge in [0.1, 0.15) is 11.5 Å². The quantitative estimate of drug-likeness (QED) is 0.757. The van der Waals surface area contributed by atoms with Gasteiger partial charge in [-0.3, -0.25) is 0 Å². The van der Waals surface area contributed by atoms with Crippen LogP contribution >= 0.6 is 0 Å². The Bertz CT molecular complexity index is 540. The zero-order chi connectivity index (χ0) is 14.9. The van der Waals surface area contributed by atoms with Crippen molar-refractivity contribution in [1.29, 1.82) is 0 Å². The van der Waals surface area contributed by atoms with Crippen LogP contribution < -0.4 is 15.2 Å². The maximum absolute atomic E-state index is 5.92. The molecule has 2 rings (SSSR count). The highest BCUT2D eigenvalue weighted by atomic mass is 16.5. The van der Waals surface area contributed by atoms with Gasteiger partial charge in [-0.1, -0.05) is 36.4 Å². The highest BCUT2D eigenvalue weighted by Crippen LogP contribution is 2.25. The minimum Gasteiger partial charge on any atom is -0.497 e. The van der Waals surface area contributed by atoms with Gasteiger partial charge in [0.2, 0.25) is 0 Å². The molecule has 112 valence electrons. The van der Waals surface area contributed by atoms with E-state index in [9.17, 15) is 0 Å². The van der Waals surface area contributed by atoms with Gasteiger partial charge >= 0.3 is 0 Å². The van der Waals surface area contributed by atoms with Gasteiger partial charge in [-0.15, -0.1) is 0 Å². The lowest BCUT2D eigenvalue weighted by atomic mass is 10.1. The zero-order valence-corrected chi connectivity index (χ0v) is 12.5. The van der Waals surface area contributed by atoms with Gasteiger partial charge < -0.3 is 15.2 Å². The highest BCUT2D eigenvalue weighted by molar-refractivity contribution is 5.41. The maximum atomic E-state index is 5.92. The van der Waals surface area contributed by atoms with E-state index in [1.807, 2.05) is 24.3 Å². The third-order valence-corrected chi connectivity index (χ3v) is 3.40. The predicted octanol–water partition coefficient (Wildman–Crippen LogP) is 3.21. The molecule has 0 radical (unpaired) electrons. The molecule has 0 saturated carbocycles. The number of nitrogens with two attached hydrogens (primary N) is 1. The average molecular weight is 285 g/mol. The fraction of sp³-hybridized carbons (Fsp3) is 0.333. The molecule has 0 aliphatic heterocycles. The SMILES string of the molecule is COc1ccc(CCN)c(OCCCc2ccccc2)c1. The van der Waals surface area contributed by atoms with Crippen LogP contribution in [0.15, 0.2) is 48.5 Å². The van der Waals surface area contributed by atoms with Crippen LogP contribution in [0, 0.1) is 0 Å². The third kappa shape index (κ3) is 4.80. The highest BCUT2D eigenvalue weighted by Gasteiger charge is 2.05. The summed E-state index contributed by atoms with van der Waals surface area (Å²) in [5, 5.41) is 0. The Labute approximate surface area is 126 Å². The Morgan fingerprint density at radius 2 is 1.81 bits per heavy atom. The lowest BCUT2D eigenvalue weighted by Gasteiger charge is -2.12. The van der Waals surface area contributed by atoms with Gasteiger partial charge in [-0.2, -0.15) is 0 Å². The molecule has 0 bridgehead atoms. The van der Waals surface area contributed by atoms with E-state index in [-0.39, 0.29) is 0 Å². The van der Waals surface area contributed by atoms with Gasteiger partial charge in [0.15, 0.2) is 0 Å². The maximum Gasteiger partial charge on any atom is 0.126 e. The fourth-order valence-electron chi connectivity index (χ4n) is 2.26. The predicted molar refractivity (Wildman–Crippen MR) is 86.0 cm³/mol. The number of benzene rings is 2. The minimum atomic E-state index is 0.618. The van der Waals surface area contributed by atoms with E-state index in [0.29, 0.717) is 13.2 Å². The number of aryl methyl sites for hydroxylation is 1. The molecule has 0 saturated heterocycles. The van der Waals surface area contributed by atoms with Crippen molar-refractivity contribution in [3.05, 3.63) is 59.7 Å². The molecule has 0 amide bonds. The van der Waals surface area contributed by atoms with Crippen molar-refractivity contribution in [2.45, 2.75) is 19.3 Å². The lowest BCUT2D eigenvalue weighted by Crippen LogP contribution is -2.07. The van der Waals surface area contributed by atoms with E-state index >= 15 is 0 Å². The van der Waals surface area contributed by atoms with Crippen molar-refractivity contribution in [2.24, 2.45) is 5.73 Å². The van der Waals surface area contributed by atoms with Crippen molar-refractivity contribution in [3.8, 4) is 11.5 Å². The Morgan fingerprint density at radius 3 is 2.52 bits per heavy atom. The van der Waals surface area contributed by atoms with Crippen LogP contribution in [0.5, 0.6) is 11.5 Å². The Kier molecular flexibility index (Phi) is 6.10. The molecule has 2 aromatic carbocycles. The van der Waals surface area contributed by atoms with Crippen molar-refractivity contribution >= 4 is 0 Å². The summed E-state index contributed by atoms with van der Waals surface area (Å²) in [6, 6.07) is 16.4. The average Bonchev–Trinajstić information content (AvgIpc) is 2.54. The van der Waals surface area contributed by atoms with E-state index in [1.54, 1.807) is 7.11 Å². The van der Waals surface area contributed by atoms with E-state index in [2.05, 4.69) is 24.3 Å². The van der Waals surface area contributed by atoms with Crippen LogP contribution in [0.25, 0.3) is 0 Å². The summed E-state index contributed by atoms with van der Waals surface area (Å²) in [4.78, 5) is 0. The fourth-order valence-corrected chi connectivity index (χ4v) is 2.26. The van der Waals surface area contributed by atoms with Crippen molar-refractivity contribution in [2.75, 3.05) is 20.3 Å². The molecule has 0 unspecified atom stereocenters. The van der Waals surface area contributed by atoms with Crippen molar-refractivity contribution in [3.63, 3.8) is 0 Å². The first-order valence-electron chi connectivity index (χ1n) is 7.37. The first-order valence-corrected chi connectivity index (χ1v) is 7.37. The molecule has 21 heavy (non-hydrogen) atoms. The Morgan fingerprint density at radius 1 is 1.00 bits per heavy atom. The van der Waals surface area contributed by atoms with Gasteiger partial charge in [-0.05, 0) is 43.0 Å². The summed E-state index contributed by atoms with van der Waals surface area (Å²) in [6.45, 7) is 1.31. The molecular weight excluding hydrogens is 262 g/mol. The van der Waals surface area contributed by atoms with Gasteiger partial charge in [0.25, 0.3) is 0 Å². The molecule has 3 heteroatoms. The van der Waals surface area contributed by atoms with Crippen molar-refractivity contribution < 1.29 is 9.47 Å². The topological polar surface area (TPSA) is 44.5 Å². The first kappa shape index (κ1) is 15.4. The largest absolute Gasteiger partial charge is 0.497 e. The minimum absolute atomic E-state index is 0.618. The second-order valence-electron chi connectivity index (χ2n) is 4.95. The van der Waals surface area contributed by atoms with Gasteiger partial charge in [0.05, 0.1) is 13.7 Å². The monoisotopic (exact) mass is 285 g/mol. The lowest BCUT2D eigenvalue weighted by molar-refractivity contribution is 0.305. The second kappa shape index (κ2) is 8.32. The number of rotatable bonds is 8. The summed E-state index contributed by atoms with van der Waals surface area (Å²) in [7, 11) is 1.66. The Balaban J connectivity index is 1.89. The molecule has 2 aromatic rings. The second-order valence-corrected chi connectivity index (χ2v) is 4.95. The van der Waals surface area contributed by atoms with Crippen LogP contribution in [0.2, 0.25) is 0 Å². The molecule has 0 aromatic heterocycles. The molecule has 3 nitrogen and oxygen atoms in total. The van der Waals surface area contributed by atoms with Crippen LogP contribution in [0.4, 0.5) is 0 Å². The Hall–Kier alpha value is -2.00. The van der Waals surface area contributed by atoms with E-state index in [0.717, 1.165) is 36.3 Å². The summed E-state index contributed by atoms with van der Waals surface area (Å²) in [5.74, 6) is 1.70. The van der Waals surface area contributed by atoms with Crippen LogP contribution in [-0.4, -0.2) is 20.3 Å². The van der Waals surface area contributed by atoms with Gasteiger partial charge in [0, 0.05) is 6.07 Å². The number of hydrogen-bond acceptors (Lipinski definition) is 3. The summed E-state index contributed by atoms with van der Waals surface area (Å²) in [5.41, 5.74) is 8.12. The summed E-state index contributed by atoms with van der Waals surface area (Å²) < 4.78 is 11.2. The standard InChI is InChI=1S/C18H23NO2/c1-20-17-10-9-16(11-12-19)18(14-17)21-13-5-8-15-6-3-2-4-7-15/h2-4,6-7,9-10,14H,5,8,11-13,19H2,1H3. The molecule has 2 N–H and O–H groups in total. The zero-order valence-electron chi connectivity index (χ0n) is 12.5. The number of ether oxygens (including phenoxy) is 2. The molecule has 0 atom stereocenters. The van der Waals surface area contributed by atoms with Gasteiger partial charge in [-0.25, -0.2) is 0 Å². The molecule has 0 aliphatic rings. The number of methoxy groups -OCH3 is 1. The molecular formula is C18H23NO2. The molecule has 0 fully saturated rings. The van der Waals surface area contributed by atoms with Crippen LogP contribution in [0.3, 0.4) is 0 Å². The van der Waals surface area contributed by atoms with Crippen LogP contribution in [0.1, 0.15) is 17.5 Å². The molecule has 0 heterocycles. The summed E-state index contributed by atoms with van der Waals surface area (Å²) in [6.07, 6.45) is 2.83. The summed E-state index contributed by atoms with van der Waals surface area (Å²) >= 11 is 0.